The molecule has 0 radical (unpaired) electrons. The molecule has 1 aromatic heterocycles. The van der Waals surface area contributed by atoms with Crippen LogP contribution >= 0.6 is 0 Å². The summed E-state index contributed by atoms with van der Waals surface area (Å²) in [6, 6.07) is 13.1. The minimum absolute atomic E-state index is 0.0699. The first kappa shape index (κ1) is 13.6. The van der Waals surface area contributed by atoms with Crippen molar-refractivity contribution >= 4 is 6.02 Å². The molecule has 0 aliphatic heterocycles. The van der Waals surface area contributed by atoms with E-state index in [2.05, 4.69) is 15.3 Å². The van der Waals surface area contributed by atoms with Crippen LogP contribution in [0, 0.1) is 11.5 Å². The Labute approximate surface area is 117 Å². The molecule has 1 atom stereocenters. The zero-order valence-corrected chi connectivity index (χ0v) is 11.0. The maximum absolute atomic E-state index is 8.73. The summed E-state index contributed by atoms with van der Waals surface area (Å²) in [5.41, 5.74) is 0.981. The van der Waals surface area contributed by atoms with E-state index in [9.17, 15) is 0 Å². The van der Waals surface area contributed by atoms with E-state index in [1.807, 2.05) is 37.3 Å². The van der Waals surface area contributed by atoms with Gasteiger partial charge in [0.05, 0.1) is 6.04 Å². The number of aromatic nitrogens is 1. The van der Waals surface area contributed by atoms with Crippen LogP contribution in [0.4, 0.5) is 0 Å². The fraction of sp³-hybridized carbons (Fsp3) is 0.133. The molecule has 0 amide bonds. The van der Waals surface area contributed by atoms with Crippen LogP contribution in [0.1, 0.15) is 18.5 Å². The fourth-order valence-electron chi connectivity index (χ4n) is 1.63. The summed E-state index contributed by atoms with van der Waals surface area (Å²) in [5, 5.41) is 11.8. The number of para-hydroxylation sites is 1. The molecule has 0 bridgehead atoms. The molecule has 0 aliphatic rings. The minimum atomic E-state index is -0.0699. The topological polar surface area (TPSA) is 70.3 Å². The maximum Gasteiger partial charge on any atom is 0.306 e. The highest BCUT2D eigenvalue weighted by atomic mass is 16.5. The van der Waals surface area contributed by atoms with Gasteiger partial charge in [0.15, 0.2) is 0 Å². The molecule has 5 heteroatoms. The second-order valence-electron chi connectivity index (χ2n) is 4.08. The minimum Gasteiger partial charge on any atom is -0.425 e. The molecule has 1 unspecified atom stereocenters. The Hall–Kier alpha value is -2.87. The molecule has 0 saturated carbocycles. The van der Waals surface area contributed by atoms with Gasteiger partial charge in [-0.1, -0.05) is 24.3 Å². The van der Waals surface area contributed by atoms with Crippen LogP contribution in [0.15, 0.2) is 59.9 Å². The van der Waals surface area contributed by atoms with Crippen molar-refractivity contribution in [2.45, 2.75) is 13.0 Å². The molecule has 0 fully saturated rings. The number of hydrogen-bond donors (Lipinski definition) is 1. The normalized spacial score (nSPS) is 12.3. The van der Waals surface area contributed by atoms with Crippen molar-refractivity contribution in [2.24, 2.45) is 4.99 Å². The lowest BCUT2D eigenvalue weighted by Crippen LogP contribution is -2.31. The Kier molecular flexibility index (Phi) is 4.68. The number of nitrogens with one attached hydrogen (secondary N) is 1. The highest BCUT2D eigenvalue weighted by Crippen LogP contribution is 2.12. The molecule has 2 rings (SSSR count). The van der Waals surface area contributed by atoms with Crippen LogP contribution in [0.3, 0.4) is 0 Å². The van der Waals surface area contributed by atoms with Crippen molar-refractivity contribution in [3.63, 3.8) is 0 Å². The van der Waals surface area contributed by atoms with E-state index >= 15 is 0 Å². The average Bonchev–Trinajstić information content (AvgIpc) is 2.49. The van der Waals surface area contributed by atoms with Gasteiger partial charge in [-0.05, 0) is 30.7 Å². The number of benzene rings is 1. The number of ether oxygens (including phenoxy) is 1. The number of rotatable bonds is 3. The first-order chi connectivity index (χ1) is 9.79. The van der Waals surface area contributed by atoms with Gasteiger partial charge in [-0.15, -0.1) is 4.99 Å². The van der Waals surface area contributed by atoms with Gasteiger partial charge in [-0.3, -0.25) is 4.98 Å². The summed E-state index contributed by atoms with van der Waals surface area (Å²) in [7, 11) is 0. The van der Waals surface area contributed by atoms with E-state index in [1.165, 1.54) is 0 Å². The number of nitriles is 1. The number of hydrogen-bond acceptors (Lipinski definition) is 4. The summed E-state index contributed by atoms with van der Waals surface area (Å²) in [4.78, 5) is 7.71. The SMILES string of the molecule is CC(N/C(=N/C#N)Oc1ccccc1)c1cccnc1. The van der Waals surface area contributed by atoms with E-state index in [0.29, 0.717) is 5.75 Å². The van der Waals surface area contributed by atoms with E-state index in [1.54, 1.807) is 30.7 Å². The molecule has 1 N–H and O–H groups in total. The predicted octanol–water partition coefficient (Wildman–Crippen LogP) is 2.65. The van der Waals surface area contributed by atoms with Crippen molar-refractivity contribution in [1.82, 2.24) is 10.3 Å². The van der Waals surface area contributed by atoms with Gasteiger partial charge < -0.3 is 10.1 Å². The van der Waals surface area contributed by atoms with Gasteiger partial charge in [0.2, 0.25) is 6.19 Å². The monoisotopic (exact) mass is 266 g/mol. The largest absolute Gasteiger partial charge is 0.425 e. The van der Waals surface area contributed by atoms with E-state index in [-0.39, 0.29) is 12.1 Å². The Morgan fingerprint density at radius 2 is 2.10 bits per heavy atom. The van der Waals surface area contributed by atoms with Gasteiger partial charge in [-0.2, -0.15) is 5.26 Å². The third kappa shape index (κ3) is 3.82. The average molecular weight is 266 g/mol. The Balaban J connectivity index is 2.07. The van der Waals surface area contributed by atoms with Crippen molar-refractivity contribution in [3.8, 4) is 11.9 Å². The lowest BCUT2D eigenvalue weighted by molar-refractivity contribution is 0.497. The second kappa shape index (κ2) is 6.90. The van der Waals surface area contributed by atoms with Crippen LogP contribution in [0.2, 0.25) is 0 Å². The number of nitrogens with zero attached hydrogens (tertiary/aromatic N) is 3. The smallest absolute Gasteiger partial charge is 0.306 e. The molecular weight excluding hydrogens is 252 g/mol. The zero-order valence-electron chi connectivity index (χ0n) is 11.0. The molecule has 5 nitrogen and oxygen atoms in total. The summed E-state index contributed by atoms with van der Waals surface area (Å²) < 4.78 is 5.54. The Bertz CT molecular complexity index is 605. The van der Waals surface area contributed by atoms with Gasteiger partial charge in [0, 0.05) is 12.4 Å². The first-order valence-electron chi connectivity index (χ1n) is 6.15. The zero-order chi connectivity index (χ0) is 14.2. The first-order valence-corrected chi connectivity index (χ1v) is 6.15. The van der Waals surface area contributed by atoms with Gasteiger partial charge in [0.25, 0.3) is 0 Å². The highest BCUT2D eigenvalue weighted by Gasteiger charge is 2.10. The van der Waals surface area contributed by atoms with Crippen LogP contribution in [-0.2, 0) is 0 Å². The van der Waals surface area contributed by atoms with Gasteiger partial charge in [0.1, 0.15) is 5.75 Å². The number of amidine groups is 1. The van der Waals surface area contributed by atoms with E-state index < -0.39 is 0 Å². The Morgan fingerprint density at radius 3 is 2.75 bits per heavy atom. The third-order valence-corrected chi connectivity index (χ3v) is 2.63. The van der Waals surface area contributed by atoms with E-state index in [0.717, 1.165) is 5.56 Å². The van der Waals surface area contributed by atoms with E-state index in [4.69, 9.17) is 10.00 Å². The second-order valence-corrected chi connectivity index (χ2v) is 4.08. The number of aliphatic imine (C=N–C) groups is 1. The summed E-state index contributed by atoms with van der Waals surface area (Å²) in [5.74, 6) is 0.618. The standard InChI is InChI=1S/C15H14N4O/c1-12(13-6-5-9-17-10-13)19-15(18-11-16)20-14-7-3-2-4-8-14/h2-10,12H,1H3,(H,18,19). The lowest BCUT2D eigenvalue weighted by atomic mass is 10.1. The van der Waals surface area contributed by atoms with Crippen molar-refractivity contribution in [1.29, 1.82) is 5.26 Å². The van der Waals surface area contributed by atoms with Crippen molar-refractivity contribution in [2.75, 3.05) is 0 Å². The fourth-order valence-corrected chi connectivity index (χ4v) is 1.63. The molecular formula is C15H14N4O. The van der Waals surface area contributed by atoms with Crippen LogP contribution in [0.25, 0.3) is 0 Å². The van der Waals surface area contributed by atoms with Crippen LogP contribution < -0.4 is 10.1 Å². The quantitative estimate of drug-likeness (QED) is 0.526. The molecule has 1 aromatic carbocycles. The molecule has 0 saturated heterocycles. The van der Waals surface area contributed by atoms with Crippen LogP contribution in [0.5, 0.6) is 5.75 Å². The van der Waals surface area contributed by atoms with Crippen molar-refractivity contribution in [3.05, 3.63) is 60.4 Å². The number of pyridine rings is 1. The summed E-state index contributed by atoms with van der Waals surface area (Å²) in [6.07, 6.45) is 5.19. The van der Waals surface area contributed by atoms with Crippen LogP contribution in [-0.4, -0.2) is 11.0 Å². The Morgan fingerprint density at radius 1 is 1.30 bits per heavy atom. The summed E-state index contributed by atoms with van der Waals surface area (Å²) in [6.45, 7) is 1.94. The van der Waals surface area contributed by atoms with Crippen molar-refractivity contribution < 1.29 is 4.74 Å². The molecule has 100 valence electrons. The molecule has 20 heavy (non-hydrogen) atoms. The lowest BCUT2D eigenvalue weighted by Gasteiger charge is -2.16. The highest BCUT2D eigenvalue weighted by molar-refractivity contribution is 5.77. The molecule has 1 heterocycles. The molecule has 2 aromatic rings. The van der Waals surface area contributed by atoms with Gasteiger partial charge >= 0.3 is 6.02 Å². The third-order valence-electron chi connectivity index (χ3n) is 2.63. The summed E-state index contributed by atoms with van der Waals surface area (Å²) >= 11 is 0. The molecule has 0 aliphatic carbocycles. The predicted molar refractivity (Wildman–Crippen MR) is 75.9 cm³/mol. The molecule has 0 spiro atoms. The van der Waals surface area contributed by atoms with Gasteiger partial charge in [-0.25, -0.2) is 0 Å². The maximum atomic E-state index is 8.73.